The number of hydrogen-bond donors (Lipinski definition) is 2. The molecule has 0 fully saturated rings. The van der Waals surface area contributed by atoms with Crippen molar-refractivity contribution >= 4 is 40.5 Å². The van der Waals surface area contributed by atoms with E-state index in [0.29, 0.717) is 6.07 Å². The Morgan fingerprint density at radius 3 is 2.57 bits per heavy atom. The lowest BCUT2D eigenvalue weighted by molar-refractivity contribution is -0.137. The highest BCUT2D eigenvalue weighted by Gasteiger charge is 2.31. The second-order valence-electron chi connectivity index (χ2n) is 7.29. The summed E-state index contributed by atoms with van der Waals surface area (Å²) in [4.78, 5) is 44.9. The van der Waals surface area contributed by atoms with Gasteiger partial charge in [0.25, 0.3) is 5.56 Å². The lowest BCUT2D eigenvalue weighted by Crippen LogP contribution is -2.40. The number of nitrogens with two attached hydrogens (primary N) is 1. The number of nitrogens with zero attached hydrogens (tertiary/aromatic N) is 4. The van der Waals surface area contributed by atoms with E-state index in [-0.39, 0.29) is 33.3 Å². The van der Waals surface area contributed by atoms with E-state index < -0.39 is 41.1 Å². The monoisotopic (exact) mass is 510 g/mol. The van der Waals surface area contributed by atoms with E-state index >= 15 is 0 Å². The number of nitrogens with one attached hydrogen (secondary N) is 1. The standard InChI is InChI=1S/C21H18F4N6O3S/c1-27-8-11(16-17(26)30(2)20(34)31(3)18(16)33)6-15(32)29-19-28-14(9-35-19)10-4-12(21(23,24)25)7-13(22)5-10/h4-5,7-9H,1,6,26H2,2-3H3,(H,28,29,32)/b11-8-. The normalized spacial score (nSPS) is 12.0. The fourth-order valence-corrected chi connectivity index (χ4v) is 3.91. The van der Waals surface area contributed by atoms with Crippen molar-refractivity contribution in [2.75, 3.05) is 11.1 Å². The second kappa shape index (κ2) is 9.66. The molecule has 0 radical (unpaired) electrons. The van der Waals surface area contributed by atoms with Gasteiger partial charge in [-0.05, 0) is 30.5 Å². The molecule has 3 aromatic rings. The molecule has 0 bridgehead atoms. The summed E-state index contributed by atoms with van der Waals surface area (Å²) < 4.78 is 54.5. The first-order chi connectivity index (χ1) is 16.3. The van der Waals surface area contributed by atoms with Gasteiger partial charge in [0.15, 0.2) is 5.13 Å². The first-order valence-corrected chi connectivity index (χ1v) is 10.6. The molecule has 9 nitrogen and oxygen atoms in total. The zero-order valence-electron chi connectivity index (χ0n) is 18.3. The summed E-state index contributed by atoms with van der Waals surface area (Å²) in [5.74, 6) is -1.92. The summed E-state index contributed by atoms with van der Waals surface area (Å²) in [5, 5.41) is 3.84. The van der Waals surface area contributed by atoms with Gasteiger partial charge in [0.1, 0.15) is 11.6 Å². The molecule has 0 spiro atoms. The van der Waals surface area contributed by atoms with Crippen LogP contribution in [0.25, 0.3) is 16.8 Å². The largest absolute Gasteiger partial charge is 0.416 e. The Morgan fingerprint density at radius 1 is 1.26 bits per heavy atom. The van der Waals surface area contributed by atoms with Crippen LogP contribution >= 0.6 is 11.3 Å². The fraction of sp³-hybridized carbons (Fsp3) is 0.190. The van der Waals surface area contributed by atoms with Crippen LogP contribution in [0.15, 0.2) is 44.4 Å². The molecule has 184 valence electrons. The maximum atomic E-state index is 13.7. The van der Waals surface area contributed by atoms with Gasteiger partial charge in [-0.3, -0.25) is 23.7 Å². The van der Waals surface area contributed by atoms with Crippen molar-refractivity contribution in [3.63, 3.8) is 0 Å². The van der Waals surface area contributed by atoms with E-state index in [1.54, 1.807) is 0 Å². The molecule has 3 N–H and O–H groups in total. The van der Waals surface area contributed by atoms with Crippen molar-refractivity contribution in [2.24, 2.45) is 19.1 Å². The molecule has 0 aliphatic heterocycles. The van der Waals surface area contributed by atoms with Crippen LogP contribution in [-0.4, -0.2) is 26.7 Å². The summed E-state index contributed by atoms with van der Waals surface area (Å²) in [5.41, 5.74) is 3.22. The van der Waals surface area contributed by atoms with Crippen LogP contribution in [0, 0.1) is 5.82 Å². The number of carbonyl (C=O) groups excluding carboxylic acids is 1. The third-order valence-electron chi connectivity index (χ3n) is 4.90. The van der Waals surface area contributed by atoms with Gasteiger partial charge in [0.2, 0.25) is 5.91 Å². The van der Waals surface area contributed by atoms with Crippen molar-refractivity contribution in [2.45, 2.75) is 12.6 Å². The predicted molar refractivity (Wildman–Crippen MR) is 125 cm³/mol. The Kier molecular flexibility index (Phi) is 7.05. The summed E-state index contributed by atoms with van der Waals surface area (Å²) in [6.07, 6.45) is -4.01. The van der Waals surface area contributed by atoms with Crippen LogP contribution in [0.3, 0.4) is 0 Å². The first-order valence-electron chi connectivity index (χ1n) is 9.67. The molecule has 3 rings (SSSR count). The highest BCUT2D eigenvalue weighted by Crippen LogP contribution is 2.34. The number of alkyl halides is 3. The lowest BCUT2D eigenvalue weighted by atomic mass is 10.1. The van der Waals surface area contributed by atoms with Crippen molar-refractivity contribution < 1.29 is 22.4 Å². The number of thiazole rings is 1. The molecule has 0 unspecified atom stereocenters. The summed E-state index contributed by atoms with van der Waals surface area (Å²) in [6.45, 7) is 3.31. The SMILES string of the molecule is C=N/C=C(/CC(=O)Nc1nc(-c2cc(F)cc(C(F)(F)F)c2)cs1)c1c(N)n(C)c(=O)n(C)c1=O. The van der Waals surface area contributed by atoms with Crippen molar-refractivity contribution in [1.29, 1.82) is 0 Å². The Bertz CT molecular complexity index is 1470. The molecule has 0 saturated heterocycles. The molecule has 14 heteroatoms. The van der Waals surface area contributed by atoms with Gasteiger partial charge < -0.3 is 11.1 Å². The van der Waals surface area contributed by atoms with Gasteiger partial charge in [-0.15, -0.1) is 11.3 Å². The number of benzene rings is 1. The van der Waals surface area contributed by atoms with E-state index in [2.05, 4.69) is 22.0 Å². The average molecular weight is 510 g/mol. The molecule has 2 aromatic heterocycles. The molecule has 1 amide bonds. The topological polar surface area (TPSA) is 124 Å². The van der Waals surface area contributed by atoms with Crippen LogP contribution in [0.2, 0.25) is 0 Å². The van der Waals surface area contributed by atoms with E-state index in [0.717, 1.165) is 38.8 Å². The Labute approximate surface area is 198 Å². The minimum absolute atomic E-state index is 0.0231. The van der Waals surface area contributed by atoms with E-state index in [9.17, 15) is 31.9 Å². The predicted octanol–water partition coefficient (Wildman–Crippen LogP) is 3.02. The van der Waals surface area contributed by atoms with Gasteiger partial charge in [-0.25, -0.2) is 14.2 Å². The lowest BCUT2D eigenvalue weighted by Gasteiger charge is -2.13. The smallest absolute Gasteiger partial charge is 0.384 e. The first kappa shape index (κ1) is 25.6. The van der Waals surface area contributed by atoms with E-state index in [1.165, 1.54) is 19.5 Å². The Hall–Kier alpha value is -4.07. The van der Waals surface area contributed by atoms with Crippen molar-refractivity contribution in [3.05, 3.63) is 67.6 Å². The molecule has 2 heterocycles. The summed E-state index contributed by atoms with van der Waals surface area (Å²) in [6, 6.07) is 2.01. The minimum Gasteiger partial charge on any atom is -0.384 e. The summed E-state index contributed by atoms with van der Waals surface area (Å²) >= 11 is 0.903. The molecule has 0 saturated carbocycles. The van der Waals surface area contributed by atoms with E-state index in [1.807, 2.05) is 0 Å². The number of aliphatic imine (C=N–C) groups is 1. The number of nitrogen functional groups attached to an aromatic ring is 1. The molecule has 35 heavy (non-hydrogen) atoms. The van der Waals surface area contributed by atoms with Crippen molar-refractivity contribution in [1.82, 2.24) is 14.1 Å². The number of rotatable bonds is 6. The van der Waals surface area contributed by atoms with Crippen LogP contribution < -0.4 is 22.3 Å². The van der Waals surface area contributed by atoms with Gasteiger partial charge in [0.05, 0.1) is 23.2 Å². The minimum atomic E-state index is -4.74. The fourth-order valence-electron chi connectivity index (χ4n) is 3.17. The van der Waals surface area contributed by atoms with Crippen LogP contribution in [0.5, 0.6) is 0 Å². The Morgan fingerprint density at radius 2 is 1.94 bits per heavy atom. The van der Waals surface area contributed by atoms with Crippen molar-refractivity contribution in [3.8, 4) is 11.3 Å². The molecule has 0 atom stereocenters. The number of hydrogen-bond acceptors (Lipinski definition) is 7. The van der Waals surface area contributed by atoms with Gasteiger partial charge in [-0.2, -0.15) is 13.2 Å². The molecule has 0 aliphatic carbocycles. The third kappa shape index (κ3) is 5.37. The van der Waals surface area contributed by atoms with Crippen LogP contribution in [0.1, 0.15) is 17.5 Å². The zero-order valence-corrected chi connectivity index (χ0v) is 19.1. The molecular weight excluding hydrogens is 492 g/mol. The second-order valence-corrected chi connectivity index (χ2v) is 8.15. The zero-order chi connectivity index (χ0) is 26.1. The number of aromatic nitrogens is 3. The van der Waals surface area contributed by atoms with Gasteiger partial charge in [-0.1, -0.05) is 0 Å². The highest BCUT2D eigenvalue weighted by molar-refractivity contribution is 7.14. The number of carbonyl (C=O) groups is 1. The number of anilines is 2. The Balaban J connectivity index is 1.87. The average Bonchev–Trinajstić information content (AvgIpc) is 3.24. The molecule has 1 aromatic carbocycles. The van der Waals surface area contributed by atoms with Gasteiger partial charge >= 0.3 is 11.9 Å². The van der Waals surface area contributed by atoms with Crippen LogP contribution in [0.4, 0.5) is 28.5 Å². The highest BCUT2D eigenvalue weighted by atomic mass is 32.1. The van der Waals surface area contributed by atoms with Crippen LogP contribution in [-0.2, 0) is 25.1 Å². The third-order valence-corrected chi connectivity index (χ3v) is 5.66. The quantitative estimate of drug-likeness (QED) is 0.390. The maximum absolute atomic E-state index is 13.7. The van der Waals surface area contributed by atoms with Gasteiger partial charge in [0, 0.05) is 31.2 Å². The number of amides is 1. The number of halogens is 4. The maximum Gasteiger partial charge on any atom is 0.416 e. The molecular formula is C21H18F4N6O3S. The molecule has 0 aliphatic rings. The van der Waals surface area contributed by atoms with E-state index in [4.69, 9.17) is 5.73 Å². The summed E-state index contributed by atoms with van der Waals surface area (Å²) in [7, 11) is 2.60.